The summed E-state index contributed by atoms with van der Waals surface area (Å²) in [7, 11) is 0. The number of aromatic carboxylic acids is 1. The van der Waals surface area contributed by atoms with Crippen molar-refractivity contribution in [2.75, 3.05) is 0 Å². The van der Waals surface area contributed by atoms with Crippen molar-refractivity contribution in [1.82, 2.24) is 4.57 Å². The van der Waals surface area contributed by atoms with Crippen LogP contribution in [0, 0.1) is 6.92 Å². The zero-order valence-electron chi connectivity index (χ0n) is 16.8. The lowest BCUT2D eigenvalue weighted by Crippen LogP contribution is -2.25. The molecule has 0 aliphatic heterocycles. The largest absolute Gasteiger partial charge is 0.573 e. The molecule has 2 aromatic carbocycles. The molecule has 5 nitrogen and oxygen atoms in total. The summed E-state index contributed by atoms with van der Waals surface area (Å²) in [6.07, 6.45) is -4.92. The number of carboxylic acid groups (broad SMARTS) is 1. The first-order chi connectivity index (χ1) is 14.9. The smallest absolute Gasteiger partial charge is 0.477 e. The summed E-state index contributed by atoms with van der Waals surface area (Å²) >= 11 is 12.1. The zero-order chi connectivity index (χ0) is 23.8. The van der Waals surface area contributed by atoms with Gasteiger partial charge in [0.2, 0.25) is 5.43 Å². The highest BCUT2D eigenvalue weighted by Gasteiger charge is 2.31. The molecule has 0 atom stereocenters. The third-order valence-electron chi connectivity index (χ3n) is 4.81. The molecule has 32 heavy (non-hydrogen) atoms. The number of nitrogens with zero attached hydrogens (tertiary/aromatic N) is 1. The Bertz CT molecular complexity index is 1270. The second-order valence-electron chi connectivity index (χ2n) is 6.77. The van der Waals surface area contributed by atoms with Gasteiger partial charge in [0, 0.05) is 23.4 Å². The van der Waals surface area contributed by atoms with Gasteiger partial charge in [0.1, 0.15) is 11.3 Å². The molecule has 0 fully saturated rings. The Morgan fingerprint density at radius 3 is 2.34 bits per heavy atom. The Balaban J connectivity index is 2.35. The zero-order valence-corrected chi connectivity index (χ0v) is 18.3. The summed E-state index contributed by atoms with van der Waals surface area (Å²) < 4.78 is 43.5. The second-order valence-corrected chi connectivity index (χ2v) is 7.58. The number of alkyl halides is 3. The van der Waals surface area contributed by atoms with Crippen LogP contribution < -0.4 is 10.2 Å². The normalized spacial score (nSPS) is 11.5. The minimum Gasteiger partial charge on any atom is -0.477 e. The van der Waals surface area contributed by atoms with E-state index in [2.05, 4.69) is 4.74 Å². The van der Waals surface area contributed by atoms with Crippen LogP contribution in [0.3, 0.4) is 0 Å². The quantitative estimate of drug-likeness (QED) is 0.453. The standard InChI is InChI=1S/C22H16Cl2F3NO4/c1-3-28-11(2)17(12-5-4-6-14(9-12)32-22(25,26)27)20(29)18(21(30)31)19(28)13-7-8-15(23)16(24)10-13/h4-10H,3H2,1-2H3,(H,30,31). The summed E-state index contributed by atoms with van der Waals surface area (Å²) in [4.78, 5) is 25.5. The van der Waals surface area contributed by atoms with Gasteiger partial charge in [-0.15, -0.1) is 13.2 Å². The number of hydrogen-bond donors (Lipinski definition) is 1. The Labute approximate surface area is 190 Å². The molecule has 3 aromatic rings. The number of pyridine rings is 1. The maximum Gasteiger partial charge on any atom is 0.573 e. The van der Waals surface area contributed by atoms with E-state index in [-0.39, 0.29) is 33.4 Å². The van der Waals surface area contributed by atoms with Crippen molar-refractivity contribution in [2.45, 2.75) is 26.8 Å². The highest BCUT2D eigenvalue weighted by atomic mass is 35.5. The Hall–Kier alpha value is -2.97. The molecule has 0 spiro atoms. The Morgan fingerprint density at radius 2 is 1.78 bits per heavy atom. The highest BCUT2D eigenvalue weighted by Crippen LogP contribution is 2.34. The van der Waals surface area contributed by atoms with E-state index in [4.69, 9.17) is 23.2 Å². The maximum atomic E-state index is 13.3. The molecular formula is C22H16Cl2F3NO4. The summed E-state index contributed by atoms with van der Waals surface area (Å²) in [5.41, 5.74) is -0.474. The van der Waals surface area contributed by atoms with Crippen LogP contribution in [0.15, 0.2) is 47.3 Å². The average molecular weight is 486 g/mol. The molecule has 168 valence electrons. The number of carboxylic acids is 1. The lowest BCUT2D eigenvalue weighted by atomic mass is 9.96. The number of benzene rings is 2. The van der Waals surface area contributed by atoms with Crippen molar-refractivity contribution in [1.29, 1.82) is 0 Å². The lowest BCUT2D eigenvalue weighted by molar-refractivity contribution is -0.274. The molecular weight excluding hydrogens is 470 g/mol. The molecule has 10 heteroatoms. The molecule has 1 heterocycles. The highest BCUT2D eigenvalue weighted by molar-refractivity contribution is 6.42. The van der Waals surface area contributed by atoms with Crippen LogP contribution in [0.2, 0.25) is 10.0 Å². The van der Waals surface area contributed by atoms with Crippen molar-refractivity contribution < 1.29 is 27.8 Å². The van der Waals surface area contributed by atoms with E-state index in [9.17, 15) is 27.9 Å². The van der Waals surface area contributed by atoms with Gasteiger partial charge in [0.15, 0.2) is 0 Å². The van der Waals surface area contributed by atoms with Crippen LogP contribution in [-0.4, -0.2) is 22.0 Å². The SMILES string of the molecule is CCn1c(C)c(-c2cccc(OC(F)(F)F)c2)c(=O)c(C(=O)O)c1-c1ccc(Cl)c(Cl)c1. The second kappa shape index (κ2) is 8.88. The van der Waals surface area contributed by atoms with Crippen molar-refractivity contribution >= 4 is 29.2 Å². The van der Waals surface area contributed by atoms with E-state index in [0.717, 1.165) is 12.1 Å². The summed E-state index contributed by atoms with van der Waals surface area (Å²) in [5.74, 6) is -2.01. The molecule has 0 radical (unpaired) electrons. The molecule has 0 amide bonds. The van der Waals surface area contributed by atoms with Crippen molar-refractivity contribution in [3.05, 3.63) is 74.0 Å². The fourth-order valence-electron chi connectivity index (χ4n) is 3.56. The van der Waals surface area contributed by atoms with Gasteiger partial charge in [-0.3, -0.25) is 4.79 Å². The lowest BCUT2D eigenvalue weighted by Gasteiger charge is -2.21. The van der Waals surface area contributed by atoms with E-state index in [0.29, 0.717) is 11.3 Å². The number of halogens is 5. The molecule has 0 saturated carbocycles. The summed E-state index contributed by atoms with van der Waals surface area (Å²) in [6.45, 7) is 3.61. The number of carbonyl (C=O) groups is 1. The van der Waals surface area contributed by atoms with Gasteiger partial charge in [-0.1, -0.05) is 41.4 Å². The van der Waals surface area contributed by atoms with Crippen LogP contribution in [-0.2, 0) is 6.54 Å². The van der Waals surface area contributed by atoms with E-state index in [1.54, 1.807) is 24.5 Å². The van der Waals surface area contributed by atoms with Gasteiger partial charge < -0.3 is 14.4 Å². The monoisotopic (exact) mass is 485 g/mol. The number of rotatable bonds is 5. The van der Waals surface area contributed by atoms with E-state index < -0.39 is 29.1 Å². The van der Waals surface area contributed by atoms with Gasteiger partial charge >= 0.3 is 12.3 Å². The molecule has 0 saturated heterocycles. The number of aromatic nitrogens is 1. The first-order valence-electron chi connectivity index (χ1n) is 9.26. The number of ether oxygens (including phenoxy) is 1. The Kier molecular flexibility index (Phi) is 6.57. The maximum absolute atomic E-state index is 13.3. The van der Waals surface area contributed by atoms with Gasteiger partial charge in [-0.2, -0.15) is 0 Å². The van der Waals surface area contributed by atoms with Crippen LogP contribution in [0.5, 0.6) is 5.75 Å². The number of hydrogen-bond acceptors (Lipinski definition) is 3. The third kappa shape index (κ3) is 4.61. The van der Waals surface area contributed by atoms with Gasteiger partial charge in [-0.25, -0.2) is 4.79 Å². The van der Waals surface area contributed by atoms with Gasteiger partial charge in [-0.05, 0) is 43.7 Å². The molecule has 0 aliphatic rings. The molecule has 1 N–H and O–H groups in total. The van der Waals surface area contributed by atoms with Crippen molar-refractivity contribution in [3.8, 4) is 28.1 Å². The molecule has 3 rings (SSSR count). The fraction of sp³-hybridized carbons (Fsp3) is 0.182. The van der Waals surface area contributed by atoms with Crippen molar-refractivity contribution in [3.63, 3.8) is 0 Å². The first kappa shape index (κ1) is 23.7. The predicted octanol–water partition coefficient (Wildman–Crippen LogP) is 6.41. The van der Waals surface area contributed by atoms with Crippen LogP contribution in [0.25, 0.3) is 22.4 Å². The molecule has 0 bridgehead atoms. The Morgan fingerprint density at radius 1 is 1.09 bits per heavy atom. The molecule has 0 unspecified atom stereocenters. The first-order valence-corrected chi connectivity index (χ1v) is 10.0. The van der Waals surface area contributed by atoms with Gasteiger partial charge in [0.05, 0.1) is 15.7 Å². The predicted molar refractivity (Wildman–Crippen MR) is 116 cm³/mol. The molecule has 1 aromatic heterocycles. The van der Waals surface area contributed by atoms with Crippen molar-refractivity contribution in [2.24, 2.45) is 0 Å². The van der Waals surface area contributed by atoms with Crippen LogP contribution >= 0.6 is 23.2 Å². The average Bonchev–Trinajstić information content (AvgIpc) is 2.68. The fourth-order valence-corrected chi connectivity index (χ4v) is 3.86. The minimum atomic E-state index is -4.92. The minimum absolute atomic E-state index is 0.0410. The third-order valence-corrected chi connectivity index (χ3v) is 5.55. The summed E-state index contributed by atoms with van der Waals surface area (Å²) in [6, 6.07) is 9.31. The van der Waals surface area contributed by atoms with E-state index in [1.165, 1.54) is 24.3 Å². The van der Waals surface area contributed by atoms with Gasteiger partial charge in [0.25, 0.3) is 0 Å². The van der Waals surface area contributed by atoms with Crippen LogP contribution in [0.4, 0.5) is 13.2 Å². The molecule has 0 aliphatic carbocycles. The summed E-state index contributed by atoms with van der Waals surface area (Å²) in [5, 5.41) is 10.3. The van der Waals surface area contributed by atoms with E-state index >= 15 is 0 Å². The van der Waals surface area contributed by atoms with E-state index in [1.807, 2.05) is 0 Å². The topological polar surface area (TPSA) is 68.5 Å². The van der Waals surface area contributed by atoms with Crippen LogP contribution in [0.1, 0.15) is 23.0 Å².